The summed E-state index contributed by atoms with van der Waals surface area (Å²) >= 11 is 0. The molecule has 5 nitrogen and oxygen atoms in total. The Morgan fingerprint density at radius 2 is 2.11 bits per heavy atom. The highest BCUT2D eigenvalue weighted by molar-refractivity contribution is 5.54. The molecule has 0 aliphatic heterocycles. The summed E-state index contributed by atoms with van der Waals surface area (Å²) in [7, 11) is 1.79. The topological polar surface area (TPSA) is 73.3 Å². The van der Waals surface area contributed by atoms with Crippen molar-refractivity contribution >= 4 is 5.69 Å². The van der Waals surface area contributed by atoms with E-state index in [-0.39, 0.29) is 6.61 Å². The third kappa shape index (κ3) is 2.31. The molecule has 0 saturated carbocycles. The standard InChI is InChI=1S/C13H17N3O2/c1-9-12(14)13(16(2)15-9)18-11-6-4-3-5-10(11)7-8-17/h3-6,17H,7-8,14H2,1-2H3. The first-order valence-electron chi connectivity index (χ1n) is 5.79. The molecule has 0 saturated heterocycles. The van der Waals surface area contributed by atoms with E-state index in [4.69, 9.17) is 15.6 Å². The predicted molar refractivity (Wildman–Crippen MR) is 69.7 cm³/mol. The molecule has 0 aliphatic carbocycles. The monoisotopic (exact) mass is 247 g/mol. The van der Waals surface area contributed by atoms with Gasteiger partial charge in [-0.3, -0.25) is 0 Å². The zero-order chi connectivity index (χ0) is 13.1. The molecule has 18 heavy (non-hydrogen) atoms. The summed E-state index contributed by atoms with van der Waals surface area (Å²) in [4.78, 5) is 0. The van der Waals surface area contributed by atoms with Gasteiger partial charge < -0.3 is 15.6 Å². The Balaban J connectivity index is 2.34. The Morgan fingerprint density at radius 3 is 2.72 bits per heavy atom. The van der Waals surface area contributed by atoms with Crippen LogP contribution in [-0.4, -0.2) is 21.5 Å². The number of benzene rings is 1. The number of aliphatic hydroxyl groups is 1. The first-order chi connectivity index (χ1) is 8.63. The van der Waals surface area contributed by atoms with Gasteiger partial charge in [0.25, 0.3) is 0 Å². The molecule has 0 unspecified atom stereocenters. The fourth-order valence-corrected chi connectivity index (χ4v) is 1.81. The zero-order valence-corrected chi connectivity index (χ0v) is 10.6. The lowest BCUT2D eigenvalue weighted by Crippen LogP contribution is -2.00. The van der Waals surface area contributed by atoms with Crippen molar-refractivity contribution in [3.63, 3.8) is 0 Å². The number of rotatable bonds is 4. The number of hydrogen-bond acceptors (Lipinski definition) is 4. The molecule has 0 atom stereocenters. The van der Waals surface area contributed by atoms with E-state index in [1.54, 1.807) is 11.7 Å². The van der Waals surface area contributed by atoms with E-state index in [1.165, 1.54) is 0 Å². The largest absolute Gasteiger partial charge is 0.437 e. The quantitative estimate of drug-likeness (QED) is 0.861. The molecule has 0 aliphatic rings. The summed E-state index contributed by atoms with van der Waals surface area (Å²) in [5.41, 5.74) is 8.14. The van der Waals surface area contributed by atoms with Crippen LogP contribution in [0.4, 0.5) is 5.69 Å². The van der Waals surface area contributed by atoms with E-state index in [0.29, 0.717) is 23.7 Å². The summed E-state index contributed by atoms with van der Waals surface area (Å²) in [6, 6.07) is 7.57. The highest BCUT2D eigenvalue weighted by atomic mass is 16.5. The molecule has 2 rings (SSSR count). The fourth-order valence-electron chi connectivity index (χ4n) is 1.81. The minimum atomic E-state index is 0.0836. The Morgan fingerprint density at radius 1 is 1.39 bits per heavy atom. The van der Waals surface area contributed by atoms with Crippen molar-refractivity contribution in [2.75, 3.05) is 12.3 Å². The maximum Gasteiger partial charge on any atom is 0.241 e. The number of nitrogens with zero attached hydrogens (tertiary/aromatic N) is 2. The van der Waals surface area contributed by atoms with Crippen molar-refractivity contribution in [3.05, 3.63) is 35.5 Å². The van der Waals surface area contributed by atoms with Gasteiger partial charge >= 0.3 is 0 Å². The molecular formula is C13H17N3O2. The van der Waals surface area contributed by atoms with Crippen LogP contribution in [0.2, 0.25) is 0 Å². The predicted octanol–water partition coefficient (Wildman–Crippen LogP) is 1.64. The Kier molecular flexibility index (Phi) is 3.53. The van der Waals surface area contributed by atoms with Gasteiger partial charge in [-0.2, -0.15) is 5.10 Å². The van der Waals surface area contributed by atoms with E-state index in [1.807, 2.05) is 31.2 Å². The summed E-state index contributed by atoms with van der Waals surface area (Å²) in [5, 5.41) is 13.2. The summed E-state index contributed by atoms with van der Waals surface area (Å²) in [6.45, 7) is 1.92. The minimum Gasteiger partial charge on any atom is -0.437 e. The Bertz CT molecular complexity index is 549. The van der Waals surface area contributed by atoms with Gasteiger partial charge in [-0.05, 0) is 25.0 Å². The van der Waals surface area contributed by atoms with E-state index in [0.717, 1.165) is 11.3 Å². The van der Waals surface area contributed by atoms with Gasteiger partial charge in [0.05, 0.1) is 5.69 Å². The summed E-state index contributed by atoms with van der Waals surface area (Å²) in [6.07, 6.45) is 0.549. The molecule has 1 aromatic heterocycles. The van der Waals surface area contributed by atoms with E-state index in [2.05, 4.69) is 5.10 Å². The van der Waals surface area contributed by atoms with Gasteiger partial charge in [0, 0.05) is 13.7 Å². The van der Waals surface area contributed by atoms with Gasteiger partial charge in [0.2, 0.25) is 5.88 Å². The second-order valence-electron chi connectivity index (χ2n) is 4.11. The first kappa shape index (κ1) is 12.4. The summed E-state index contributed by atoms with van der Waals surface area (Å²) < 4.78 is 7.42. The Labute approximate surface area is 106 Å². The average Bonchev–Trinajstić information content (AvgIpc) is 2.59. The lowest BCUT2D eigenvalue weighted by Gasteiger charge is -2.10. The number of aliphatic hydroxyl groups excluding tert-OH is 1. The van der Waals surface area contributed by atoms with Crippen molar-refractivity contribution in [1.82, 2.24) is 9.78 Å². The lowest BCUT2D eigenvalue weighted by molar-refractivity contribution is 0.297. The SMILES string of the molecule is Cc1nn(C)c(Oc2ccccc2CCO)c1N. The van der Waals surface area contributed by atoms with E-state index in [9.17, 15) is 0 Å². The number of hydrogen-bond donors (Lipinski definition) is 2. The van der Waals surface area contributed by atoms with Crippen molar-refractivity contribution in [1.29, 1.82) is 0 Å². The van der Waals surface area contributed by atoms with Crippen LogP contribution in [0.1, 0.15) is 11.3 Å². The van der Waals surface area contributed by atoms with Gasteiger partial charge in [-0.15, -0.1) is 0 Å². The number of ether oxygens (including phenoxy) is 1. The molecule has 0 amide bonds. The average molecular weight is 247 g/mol. The number of aromatic nitrogens is 2. The second-order valence-corrected chi connectivity index (χ2v) is 4.11. The highest BCUT2D eigenvalue weighted by Gasteiger charge is 2.13. The normalized spacial score (nSPS) is 10.6. The van der Waals surface area contributed by atoms with Crippen LogP contribution in [0.5, 0.6) is 11.6 Å². The summed E-state index contributed by atoms with van der Waals surface area (Å²) in [5.74, 6) is 1.22. The lowest BCUT2D eigenvalue weighted by atomic mass is 10.1. The molecule has 1 heterocycles. The smallest absolute Gasteiger partial charge is 0.241 e. The third-order valence-electron chi connectivity index (χ3n) is 2.77. The van der Waals surface area contributed by atoms with Crippen LogP contribution in [0.25, 0.3) is 0 Å². The maximum absolute atomic E-state index is 9.03. The molecule has 0 bridgehead atoms. The van der Waals surface area contributed by atoms with Gasteiger partial charge in [0.1, 0.15) is 11.4 Å². The number of nitrogens with two attached hydrogens (primary N) is 1. The van der Waals surface area contributed by atoms with Crippen molar-refractivity contribution in [3.8, 4) is 11.6 Å². The van der Waals surface area contributed by atoms with Crippen molar-refractivity contribution < 1.29 is 9.84 Å². The number of nitrogen functional groups attached to an aromatic ring is 1. The molecule has 0 radical (unpaired) electrons. The van der Waals surface area contributed by atoms with Gasteiger partial charge in [0.15, 0.2) is 0 Å². The van der Waals surface area contributed by atoms with Crippen LogP contribution >= 0.6 is 0 Å². The van der Waals surface area contributed by atoms with Crippen LogP contribution in [0.15, 0.2) is 24.3 Å². The molecular weight excluding hydrogens is 230 g/mol. The van der Waals surface area contributed by atoms with Crippen LogP contribution in [-0.2, 0) is 13.5 Å². The molecule has 96 valence electrons. The third-order valence-corrected chi connectivity index (χ3v) is 2.77. The van der Waals surface area contributed by atoms with E-state index < -0.39 is 0 Å². The van der Waals surface area contributed by atoms with Crippen molar-refractivity contribution in [2.24, 2.45) is 7.05 Å². The molecule has 3 N–H and O–H groups in total. The van der Waals surface area contributed by atoms with Gasteiger partial charge in [-0.25, -0.2) is 4.68 Å². The van der Waals surface area contributed by atoms with Crippen molar-refractivity contribution in [2.45, 2.75) is 13.3 Å². The second kappa shape index (κ2) is 5.10. The number of anilines is 1. The van der Waals surface area contributed by atoms with Crippen LogP contribution in [0.3, 0.4) is 0 Å². The minimum absolute atomic E-state index is 0.0836. The molecule has 2 aromatic rings. The van der Waals surface area contributed by atoms with E-state index >= 15 is 0 Å². The van der Waals surface area contributed by atoms with Gasteiger partial charge in [-0.1, -0.05) is 18.2 Å². The highest BCUT2D eigenvalue weighted by Crippen LogP contribution is 2.31. The number of aryl methyl sites for hydroxylation is 2. The Hall–Kier alpha value is -2.01. The molecule has 1 aromatic carbocycles. The maximum atomic E-state index is 9.03. The molecule has 5 heteroatoms. The molecule has 0 spiro atoms. The fraction of sp³-hybridized carbons (Fsp3) is 0.308. The first-order valence-corrected chi connectivity index (χ1v) is 5.79. The number of para-hydroxylation sites is 1. The van der Waals surface area contributed by atoms with Crippen LogP contribution < -0.4 is 10.5 Å². The zero-order valence-electron chi connectivity index (χ0n) is 10.6. The van der Waals surface area contributed by atoms with Crippen LogP contribution in [0, 0.1) is 6.92 Å². The molecule has 0 fully saturated rings.